The summed E-state index contributed by atoms with van der Waals surface area (Å²) in [7, 11) is 2.13. The van der Waals surface area contributed by atoms with E-state index in [9.17, 15) is 21.0 Å². The molecule has 1 aliphatic heterocycles. The zero-order valence-electron chi connectivity index (χ0n) is 24.4. The molecule has 0 radical (unpaired) electrons. The summed E-state index contributed by atoms with van der Waals surface area (Å²) in [6.07, 6.45) is 2.88. The molecule has 1 unspecified atom stereocenters. The van der Waals surface area contributed by atoms with Crippen molar-refractivity contribution in [2.75, 3.05) is 11.9 Å². The highest BCUT2D eigenvalue weighted by molar-refractivity contribution is 7.29. The molecule has 0 saturated heterocycles. The van der Waals surface area contributed by atoms with E-state index >= 15 is 0 Å². The van der Waals surface area contributed by atoms with Crippen LogP contribution in [0, 0.1) is 45.3 Å². The maximum atomic E-state index is 9.75. The monoisotopic (exact) mass is 608 g/mol. The van der Waals surface area contributed by atoms with E-state index in [0.717, 1.165) is 26.5 Å². The van der Waals surface area contributed by atoms with Crippen molar-refractivity contribution in [2.45, 2.75) is 38.6 Å². The Kier molecular flexibility index (Phi) is 7.20. The SMILES string of the molecule is CC1CC(C)(C)N(C)c2ccc(/N=N/c3nc4sc(C=C5C(=C(C#N)C#N)c6ccccc6C5=C(C#N)C#N)cc4s3)cc21. The molecule has 10 heteroatoms. The Balaban J connectivity index is 1.36. The second kappa shape index (κ2) is 11.0. The van der Waals surface area contributed by atoms with Crippen LogP contribution in [0.3, 0.4) is 0 Å². The van der Waals surface area contributed by atoms with Gasteiger partial charge in [-0.05, 0) is 78.8 Å². The van der Waals surface area contributed by atoms with Gasteiger partial charge in [-0.1, -0.05) is 42.5 Å². The van der Waals surface area contributed by atoms with Crippen LogP contribution in [0.15, 0.2) is 75.5 Å². The van der Waals surface area contributed by atoms with E-state index in [1.807, 2.05) is 42.5 Å². The molecule has 0 fully saturated rings. The third-order valence-electron chi connectivity index (χ3n) is 8.20. The van der Waals surface area contributed by atoms with Crippen molar-refractivity contribution >= 4 is 65.9 Å². The van der Waals surface area contributed by atoms with Crippen LogP contribution >= 0.6 is 22.7 Å². The van der Waals surface area contributed by atoms with E-state index in [0.29, 0.717) is 38.9 Å². The van der Waals surface area contributed by atoms with E-state index in [1.54, 1.807) is 24.3 Å². The first-order valence-corrected chi connectivity index (χ1v) is 15.4. The topological polar surface area (TPSA) is 136 Å². The first kappa shape index (κ1) is 28.7. The number of hydrogen-bond acceptors (Lipinski definition) is 10. The fourth-order valence-corrected chi connectivity index (χ4v) is 8.00. The van der Waals surface area contributed by atoms with E-state index in [-0.39, 0.29) is 16.7 Å². The highest BCUT2D eigenvalue weighted by Crippen LogP contribution is 2.49. The third-order valence-corrected chi connectivity index (χ3v) is 10.2. The lowest BCUT2D eigenvalue weighted by Gasteiger charge is -2.45. The summed E-state index contributed by atoms with van der Waals surface area (Å²) in [5.74, 6) is 0.414. The number of hydrogen-bond donors (Lipinski definition) is 0. The number of rotatable bonds is 3. The number of thiazole rings is 1. The lowest BCUT2D eigenvalue weighted by molar-refractivity contribution is 0.395. The molecule has 0 saturated carbocycles. The quantitative estimate of drug-likeness (QED) is 0.168. The van der Waals surface area contributed by atoms with Gasteiger partial charge in [-0.2, -0.15) is 21.0 Å². The molecule has 1 aliphatic carbocycles. The van der Waals surface area contributed by atoms with Crippen molar-refractivity contribution in [3.05, 3.63) is 86.8 Å². The summed E-state index contributed by atoms with van der Waals surface area (Å²) >= 11 is 2.83. The number of benzene rings is 2. The summed E-state index contributed by atoms with van der Waals surface area (Å²) in [5.41, 5.74) is 5.80. The van der Waals surface area contributed by atoms with Crippen LogP contribution in [0.1, 0.15) is 54.7 Å². The highest BCUT2D eigenvalue weighted by Gasteiger charge is 2.34. The molecule has 1 atom stereocenters. The maximum Gasteiger partial charge on any atom is 0.231 e. The molecule has 0 N–H and O–H groups in total. The second-order valence-corrected chi connectivity index (χ2v) is 13.4. The van der Waals surface area contributed by atoms with Crippen LogP contribution in [0.2, 0.25) is 0 Å². The highest BCUT2D eigenvalue weighted by atomic mass is 32.1. The van der Waals surface area contributed by atoms with Crippen LogP contribution in [-0.2, 0) is 0 Å². The Labute approximate surface area is 263 Å². The van der Waals surface area contributed by atoms with Gasteiger partial charge in [-0.15, -0.1) is 21.6 Å². The van der Waals surface area contributed by atoms with Gasteiger partial charge < -0.3 is 4.90 Å². The normalized spacial score (nSPS) is 16.6. The Hall–Kier alpha value is -5.39. The molecule has 4 aromatic rings. The van der Waals surface area contributed by atoms with Gasteiger partial charge in [0.05, 0.1) is 10.4 Å². The van der Waals surface area contributed by atoms with Gasteiger partial charge in [0.25, 0.3) is 0 Å². The van der Waals surface area contributed by atoms with Gasteiger partial charge in [0, 0.05) is 34.3 Å². The molecule has 2 aromatic carbocycles. The van der Waals surface area contributed by atoms with Crippen LogP contribution in [0.25, 0.3) is 26.8 Å². The standard InChI is InChI=1S/C34H24N8S2/c1-19-14-34(2,3)42(4)28-10-9-22(11-26(19)28)40-41-33-39-32-29(44-33)13-23(43-32)12-27-30(20(15-35)16-36)24-7-5-6-8-25(24)31(27)21(17-37)18-38/h5-13,19H,14H2,1-4H3/b41-40+. The van der Waals surface area contributed by atoms with Crippen molar-refractivity contribution in [2.24, 2.45) is 10.2 Å². The summed E-state index contributed by atoms with van der Waals surface area (Å²) in [6.45, 7) is 6.78. The number of anilines is 1. The molecule has 8 nitrogen and oxygen atoms in total. The summed E-state index contributed by atoms with van der Waals surface area (Å²) in [6, 6.07) is 23.3. The average molecular weight is 609 g/mol. The molecule has 0 spiro atoms. The summed E-state index contributed by atoms with van der Waals surface area (Å²) < 4.78 is 0.909. The number of aromatic nitrogens is 1. The summed E-state index contributed by atoms with van der Waals surface area (Å²) in [5, 5.41) is 48.5. The minimum atomic E-state index is -0.0833. The number of allylic oxidation sites excluding steroid dienone is 5. The first-order chi connectivity index (χ1) is 21.2. The van der Waals surface area contributed by atoms with Crippen LogP contribution in [-0.4, -0.2) is 17.6 Å². The zero-order chi connectivity index (χ0) is 31.2. The number of fused-ring (bicyclic) bond motifs is 3. The minimum absolute atomic E-state index is 0.0833. The fourth-order valence-electron chi connectivity index (χ4n) is 6.02. The van der Waals surface area contributed by atoms with Gasteiger partial charge in [-0.25, -0.2) is 4.98 Å². The van der Waals surface area contributed by atoms with E-state index in [1.165, 1.54) is 33.9 Å². The molecular weight excluding hydrogens is 585 g/mol. The predicted octanol–water partition coefficient (Wildman–Crippen LogP) is 9.19. The number of thiophene rings is 1. The largest absolute Gasteiger partial charge is 0.369 e. The van der Waals surface area contributed by atoms with Gasteiger partial charge in [0.2, 0.25) is 5.13 Å². The van der Waals surface area contributed by atoms with Crippen molar-refractivity contribution in [3.8, 4) is 24.3 Å². The number of nitrogens with zero attached hydrogens (tertiary/aromatic N) is 8. The maximum absolute atomic E-state index is 9.75. The molecule has 3 heterocycles. The van der Waals surface area contributed by atoms with E-state index in [4.69, 9.17) is 0 Å². The molecule has 0 bridgehead atoms. The van der Waals surface area contributed by atoms with Gasteiger partial charge in [0.15, 0.2) is 0 Å². The molecule has 2 aliphatic rings. The lowest BCUT2D eigenvalue weighted by Crippen LogP contribution is -2.45. The molecule has 6 rings (SSSR count). The van der Waals surface area contributed by atoms with Crippen molar-refractivity contribution in [1.82, 2.24) is 4.98 Å². The van der Waals surface area contributed by atoms with Crippen LogP contribution in [0.5, 0.6) is 0 Å². The molecular formula is C34H24N8S2. The Morgan fingerprint density at radius 1 is 0.932 bits per heavy atom. The molecule has 0 amide bonds. The van der Waals surface area contributed by atoms with Crippen molar-refractivity contribution < 1.29 is 0 Å². The Morgan fingerprint density at radius 3 is 2.16 bits per heavy atom. The van der Waals surface area contributed by atoms with E-state index < -0.39 is 0 Å². The number of azo groups is 1. The molecule has 212 valence electrons. The van der Waals surface area contributed by atoms with Gasteiger partial charge in [0.1, 0.15) is 40.3 Å². The molecule has 2 aromatic heterocycles. The van der Waals surface area contributed by atoms with Crippen LogP contribution in [0.4, 0.5) is 16.5 Å². The first-order valence-electron chi connectivity index (χ1n) is 13.8. The molecule has 44 heavy (non-hydrogen) atoms. The van der Waals surface area contributed by atoms with Crippen LogP contribution < -0.4 is 4.90 Å². The predicted molar refractivity (Wildman–Crippen MR) is 174 cm³/mol. The Bertz CT molecular complexity index is 2030. The number of nitriles is 4. The fraction of sp³-hybridized carbons (Fsp3) is 0.206. The van der Waals surface area contributed by atoms with E-state index in [2.05, 4.69) is 60.1 Å². The zero-order valence-corrected chi connectivity index (χ0v) is 26.0. The average Bonchev–Trinajstić information content (AvgIpc) is 3.67. The van der Waals surface area contributed by atoms with Gasteiger partial charge in [-0.3, -0.25) is 0 Å². The lowest BCUT2D eigenvalue weighted by atomic mass is 9.80. The smallest absolute Gasteiger partial charge is 0.231 e. The Morgan fingerprint density at radius 2 is 1.57 bits per heavy atom. The third kappa shape index (κ3) is 4.77. The van der Waals surface area contributed by atoms with Crippen molar-refractivity contribution in [1.29, 1.82) is 21.0 Å². The minimum Gasteiger partial charge on any atom is -0.369 e. The second-order valence-electron chi connectivity index (χ2n) is 11.3. The van der Waals surface area contributed by atoms with Crippen molar-refractivity contribution in [3.63, 3.8) is 0 Å². The van der Waals surface area contributed by atoms with Gasteiger partial charge >= 0.3 is 0 Å². The summed E-state index contributed by atoms with van der Waals surface area (Å²) in [4.78, 5) is 8.58.